The minimum Gasteiger partial charge on any atom is -0.315 e. The van der Waals surface area contributed by atoms with Crippen LogP contribution in [0.5, 0.6) is 0 Å². The van der Waals surface area contributed by atoms with E-state index < -0.39 is 10.0 Å². The summed E-state index contributed by atoms with van der Waals surface area (Å²) < 4.78 is 27.3. The van der Waals surface area contributed by atoms with Crippen LogP contribution in [-0.4, -0.2) is 38.4 Å². The van der Waals surface area contributed by atoms with E-state index in [1.807, 2.05) is 12.1 Å². The van der Waals surface area contributed by atoms with Crippen molar-refractivity contribution in [1.29, 1.82) is 0 Å². The highest BCUT2D eigenvalue weighted by Gasteiger charge is 2.43. The van der Waals surface area contributed by atoms with Crippen molar-refractivity contribution < 1.29 is 8.42 Å². The maximum absolute atomic E-state index is 12.8. The first kappa shape index (κ1) is 15.0. The van der Waals surface area contributed by atoms with E-state index in [0.29, 0.717) is 23.3 Å². The molecule has 0 saturated carbocycles. The lowest BCUT2D eigenvalue weighted by molar-refractivity contribution is 0.383. The third kappa shape index (κ3) is 2.87. The second kappa shape index (κ2) is 5.71. The van der Waals surface area contributed by atoms with Crippen LogP contribution in [0.1, 0.15) is 25.8 Å². The first-order valence-corrected chi connectivity index (χ1v) is 9.24. The molecule has 1 N–H and O–H groups in total. The van der Waals surface area contributed by atoms with Crippen LogP contribution < -0.4 is 5.32 Å². The molecule has 0 aliphatic carbocycles. The molecule has 0 amide bonds. The molecule has 21 heavy (non-hydrogen) atoms. The van der Waals surface area contributed by atoms with Crippen molar-refractivity contribution in [1.82, 2.24) is 9.62 Å². The van der Waals surface area contributed by atoms with Crippen LogP contribution in [0.4, 0.5) is 0 Å². The van der Waals surface area contributed by atoms with Crippen LogP contribution >= 0.6 is 0 Å². The molecular weight excluding hydrogens is 284 g/mol. The van der Waals surface area contributed by atoms with Gasteiger partial charge in [-0.3, -0.25) is 0 Å². The molecular formula is C16H24N2O2S. The number of nitrogens with one attached hydrogen (secondary N) is 1. The van der Waals surface area contributed by atoms with Gasteiger partial charge in [-0.1, -0.05) is 26.0 Å². The fraction of sp³-hybridized carbons (Fsp3) is 0.625. The molecule has 0 bridgehead atoms. The van der Waals surface area contributed by atoms with Gasteiger partial charge in [0.1, 0.15) is 0 Å². The van der Waals surface area contributed by atoms with E-state index in [-0.39, 0.29) is 6.04 Å². The lowest BCUT2D eigenvalue weighted by Gasteiger charge is -2.23. The Morgan fingerprint density at radius 3 is 2.62 bits per heavy atom. The fourth-order valence-electron chi connectivity index (χ4n) is 3.51. The summed E-state index contributed by atoms with van der Waals surface area (Å²) in [6, 6.07) is 7.58. The van der Waals surface area contributed by atoms with E-state index in [0.717, 1.165) is 25.9 Å². The highest BCUT2D eigenvalue weighted by atomic mass is 32.2. The zero-order chi connectivity index (χ0) is 15.0. The van der Waals surface area contributed by atoms with E-state index in [2.05, 4.69) is 19.2 Å². The summed E-state index contributed by atoms with van der Waals surface area (Å²) in [5, 5.41) is 3.30. The highest BCUT2D eigenvalue weighted by Crippen LogP contribution is 2.32. The third-order valence-electron chi connectivity index (χ3n) is 4.57. The van der Waals surface area contributed by atoms with E-state index in [9.17, 15) is 8.42 Å². The molecule has 2 atom stereocenters. The molecule has 2 aliphatic rings. The quantitative estimate of drug-likeness (QED) is 0.924. The van der Waals surface area contributed by atoms with E-state index in [1.165, 1.54) is 5.56 Å². The van der Waals surface area contributed by atoms with Crippen LogP contribution in [-0.2, 0) is 16.4 Å². The van der Waals surface area contributed by atoms with Gasteiger partial charge in [0.25, 0.3) is 0 Å². The van der Waals surface area contributed by atoms with Crippen LogP contribution in [0.3, 0.4) is 0 Å². The average Bonchev–Trinajstić information content (AvgIpc) is 3.00. The predicted octanol–water partition coefficient (Wildman–Crippen LogP) is 1.87. The van der Waals surface area contributed by atoms with Crippen molar-refractivity contribution in [2.24, 2.45) is 11.8 Å². The maximum Gasteiger partial charge on any atom is 0.243 e. The van der Waals surface area contributed by atoms with Gasteiger partial charge in [0.15, 0.2) is 0 Å². The van der Waals surface area contributed by atoms with Gasteiger partial charge in [0, 0.05) is 19.1 Å². The first-order chi connectivity index (χ1) is 9.98. The van der Waals surface area contributed by atoms with Crippen molar-refractivity contribution in [2.45, 2.75) is 37.6 Å². The van der Waals surface area contributed by atoms with E-state index in [1.54, 1.807) is 16.4 Å². The standard InChI is InChI=1S/C16H24N2O2S/c1-12(2)9-13-3-5-15(6-4-13)21(19,20)18-8-7-14-10-17-11-16(14)18/h3-6,12,14,16-17H,7-11H2,1-2H3/t14-,16+/m0/s1. The zero-order valence-electron chi connectivity index (χ0n) is 12.7. The monoisotopic (exact) mass is 308 g/mol. The average molecular weight is 308 g/mol. The van der Waals surface area contributed by atoms with Crippen molar-refractivity contribution in [3.8, 4) is 0 Å². The molecule has 0 radical (unpaired) electrons. The van der Waals surface area contributed by atoms with Gasteiger partial charge in [-0.05, 0) is 48.9 Å². The normalized spacial score (nSPS) is 26.4. The fourth-order valence-corrected chi connectivity index (χ4v) is 5.21. The van der Waals surface area contributed by atoms with Gasteiger partial charge in [0.05, 0.1) is 4.90 Å². The van der Waals surface area contributed by atoms with E-state index >= 15 is 0 Å². The van der Waals surface area contributed by atoms with Crippen LogP contribution in [0.2, 0.25) is 0 Å². The molecule has 5 heteroatoms. The molecule has 0 unspecified atom stereocenters. The molecule has 0 aromatic heterocycles. The number of hydrogen-bond donors (Lipinski definition) is 1. The van der Waals surface area contributed by atoms with Gasteiger partial charge < -0.3 is 5.32 Å². The molecule has 3 rings (SSSR count). The Kier molecular flexibility index (Phi) is 4.08. The van der Waals surface area contributed by atoms with Gasteiger partial charge in [-0.15, -0.1) is 0 Å². The Labute approximate surface area is 127 Å². The van der Waals surface area contributed by atoms with Gasteiger partial charge in [-0.2, -0.15) is 4.31 Å². The number of nitrogens with zero attached hydrogens (tertiary/aromatic N) is 1. The van der Waals surface area contributed by atoms with Crippen LogP contribution in [0.15, 0.2) is 29.2 Å². The second-order valence-corrected chi connectivity index (χ2v) is 8.52. The number of fused-ring (bicyclic) bond motifs is 1. The van der Waals surface area contributed by atoms with Gasteiger partial charge in [-0.25, -0.2) is 8.42 Å². The first-order valence-electron chi connectivity index (χ1n) is 7.80. The SMILES string of the molecule is CC(C)Cc1ccc(S(=O)(=O)N2CC[C@H]3CNC[C@H]32)cc1. The lowest BCUT2D eigenvalue weighted by atomic mass is 10.0. The summed E-state index contributed by atoms with van der Waals surface area (Å²) in [7, 11) is -3.34. The van der Waals surface area contributed by atoms with Crippen molar-refractivity contribution in [3.63, 3.8) is 0 Å². The van der Waals surface area contributed by atoms with Gasteiger partial charge in [0.2, 0.25) is 10.0 Å². The smallest absolute Gasteiger partial charge is 0.243 e. The zero-order valence-corrected chi connectivity index (χ0v) is 13.6. The molecule has 2 saturated heterocycles. The molecule has 2 heterocycles. The van der Waals surface area contributed by atoms with Crippen molar-refractivity contribution >= 4 is 10.0 Å². The Morgan fingerprint density at radius 1 is 1.24 bits per heavy atom. The Hall–Kier alpha value is -0.910. The Morgan fingerprint density at radius 2 is 1.95 bits per heavy atom. The summed E-state index contributed by atoms with van der Waals surface area (Å²) in [5.74, 6) is 1.07. The number of hydrogen-bond acceptors (Lipinski definition) is 3. The Bertz CT molecular complexity index is 595. The predicted molar refractivity (Wildman–Crippen MR) is 83.6 cm³/mol. The number of rotatable bonds is 4. The largest absolute Gasteiger partial charge is 0.315 e. The molecule has 1 aromatic rings. The minimum absolute atomic E-state index is 0.144. The summed E-state index contributed by atoms with van der Waals surface area (Å²) in [4.78, 5) is 0.433. The summed E-state index contributed by atoms with van der Waals surface area (Å²) >= 11 is 0. The summed E-state index contributed by atoms with van der Waals surface area (Å²) in [5.41, 5.74) is 1.20. The van der Waals surface area contributed by atoms with Crippen LogP contribution in [0, 0.1) is 11.8 Å². The summed E-state index contributed by atoms with van der Waals surface area (Å²) in [6.45, 7) is 6.73. The van der Waals surface area contributed by atoms with Crippen molar-refractivity contribution in [2.75, 3.05) is 19.6 Å². The number of sulfonamides is 1. The highest BCUT2D eigenvalue weighted by molar-refractivity contribution is 7.89. The van der Waals surface area contributed by atoms with Crippen molar-refractivity contribution in [3.05, 3.63) is 29.8 Å². The second-order valence-electron chi connectivity index (χ2n) is 6.63. The molecule has 1 aromatic carbocycles. The molecule has 0 spiro atoms. The van der Waals surface area contributed by atoms with Crippen LogP contribution in [0.25, 0.3) is 0 Å². The number of benzene rings is 1. The molecule has 2 aliphatic heterocycles. The van der Waals surface area contributed by atoms with Gasteiger partial charge >= 0.3 is 0 Å². The Balaban J connectivity index is 1.81. The molecule has 116 valence electrons. The molecule has 2 fully saturated rings. The molecule has 4 nitrogen and oxygen atoms in total. The lowest BCUT2D eigenvalue weighted by Crippen LogP contribution is -2.39. The minimum atomic E-state index is -3.34. The maximum atomic E-state index is 12.8. The summed E-state index contributed by atoms with van der Waals surface area (Å²) in [6.07, 6.45) is 1.96. The van der Waals surface area contributed by atoms with E-state index in [4.69, 9.17) is 0 Å². The topological polar surface area (TPSA) is 49.4 Å². The third-order valence-corrected chi connectivity index (χ3v) is 6.51.